The van der Waals surface area contributed by atoms with Gasteiger partial charge in [-0.05, 0) is 18.2 Å². The van der Waals surface area contributed by atoms with Crippen molar-refractivity contribution in [1.29, 1.82) is 0 Å². The zero-order valence-electron chi connectivity index (χ0n) is 15.2. The van der Waals surface area contributed by atoms with Crippen LogP contribution in [0.2, 0.25) is 5.02 Å². The number of carbonyl (C=O) groups is 1. The van der Waals surface area contributed by atoms with Gasteiger partial charge in [-0.2, -0.15) is 0 Å². The third-order valence-corrected chi connectivity index (χ3v) is 5.71. The number of nitrogens with zero attached hydrogens (tertiary/aromatic N) is 1. The van der Waals surface area contributed by atoms with Crippen LogP contribution in [-0.2, 0) is 14.8 Å². The van der Waals surface area contributed by atoms with Gasteiger partial charge >= 0.3 is 0 Å². The number of hydrogen-bond donors (Lipinski definition) is 2. The number of anilines is 1. The van der Waals surface area contributed by atoms with Gasteiger partial charge in [-0.1, -0.05) is 23.7 Å². The molecule has 148 valence electrons. The number of benzene rings is 2. The van der Waals surface area contributed by atoms with E-state index in [0.29, 0.717) is 27.8 Å². The van der Waals surface area contributed by atoms with Crippen molar-refractivity contribution in [2.24, 2.45) is 4.99 Å². The van der Waals surface area contributed by atoms with Gasteiger partial charge in [0, 0.05) is 18.1 Å². The van der Waals surface area contributed by atoms with E-state index in [-0.39, 0.29) is 29.6 Å². The number of sulfonamides is 1. The molecule has 0 saturated heterocycles. The molecule has 0 atom stereocenters. The van der Waals surface area contributed by atoms with Crippen LogP contribution in [0.3, 0.4) is 0 Å². The molecule has 0 unspecified atom stereocenters. The summed E-state index contributed by atoms with van der Waals surface area (Å²) < 4.78 is 36.8. The third-order valence-electron chi connectivity index (χ3n) is 4.02. The van der Waals surface area contributed by atoms with Gasteiger partial charge < -0.3 is 14.8 Å². The summed E-state index contributed by atoms with van der Waals surface area (Å²) in [5.41, 5.74) is 0.893. The summed E-state index contributed by atoms with van der Waals surface area (Å²) in [6.07, 6.45) is 0.0419. The van der Waals surface area contributed by atoms with Crippen LogP contribution >= 0.6 is 11.6 Å². The monoisotopic (exact) mass is 423 g/mol. The molecule has 0 aliphatic carbocycles. The Balaban J connectivity index is 1.68. The summed E-state index contributed by atoms with van der Waals surface area (Å²) >= 11 is 6.09. The lowest BCUT2D eigenvalue weighted by Crippen LogP contribution is -2.23. The van der Waals surface area contributed by atoms with Crippen molar-refractivity contribution >= 4 is 39.1 Å². The molecule has 1 aliphatic heterocycles. The highest BCUT2D eigenvalue weighted by molar-refractivity contribution is 7.90. The van der Waals surface area contributed by atoms with Crippen LogP contribution in [-0.4, -0.2) is 40.9 Å². The highest BCUT2D eigenvalue weighted by atomic mass is 35.5. The van der Waals surface area contributed by atoms with E-state index in [1.165, 1.54) is 26.4 Å². The largest absolute Gasteiger partial charge is 0.495 e. The van der Waals surface area contributed by atoms with Crippen LogP contribution in [0.25, 0.3) is 0 Å². The van der Waals surface area contributed by atoms with Crippen molar-refractivity contribution in [3.05, 3.63) is 47.0 Å². The van der Waals surface area contributed by atoms with Gasteiger partial charge in [-0.3, -0.25) is 14.5 Å². The zero-order chi connectivity index (χ0) is 20.3. The highest BCUT2D eigenvalue weighted by Crippen LogP contribution is 2.35. The summed E-state index contributed by atoms with van der Waals surface area (Å²) in [6.45, 7) is 0.101. The normalized spacial score (nSPS) is 15.6. The summed E-state index contributed by atoms with van der Waals surface area (Å²) in [4.78, 5) is 16.6. The molecule has 28 heavy (non-hydrogen) atoms. The standard InChI is InChI=1S/C18H18ClN3O5S/c1-26-14-10-15(27-2)13(9-12(14)19)21-17(23)7-8-20-18-11-5-3-4-6-16(11)28(24,25)22-18/h3-6,9-10H,7-8H2,1-2H3,(H,20,22)(H,21,23). The van der Waals surface area contributed by atoms with E-state index in [0.717, 1.165) is 0 Å². The smallest absolute Gasteiger partial charge is 0.263 e. The van der Waals surface area contributed by atoms with Gasteiger partial charge in [0.15, 0.2) is 0 Å². The highest BCUT2D eigenvalue weighted by Gasteiger charge is 2.29. The molecule has 0 aromatic heterocycles. The number of hydrogen-bond acceptors (Lipinski definition) is 6. The van der Waals surface area contributed by atoms with Crippen molar-refractivity contribution in [1.82, 2.24) is 4.72 Å². The van der Waals surface area contributed by atoms with Crippen LogP contribution in [0.15, 0.2) is 46.3 Å². The molecule has 1 amide bonds. The van der Waals surface area contributed by atoms with Crippen molar-refractivity contribution in [3.63, 3.8) is 0 Å². The number of fused-ring (bicyclic) bond motifs is 1. The average molecular weight is 424 g/mol. The lowest BCUT2D eigenvalue weighted by atomic mass is 10.2. The van der Waals surface area contributed by atoms with E-state index in [1.54, 1.807) is 24.3 Å². The van der Waals surface area contributed by atoms with Gasteiger partial charge in [0.05, 0.1) is 36.4 Å². The van der Waals surface area contributed by atoms with Crippen molar-refractivity contribution in [2.75, 3.05) is 26.1 Å². The third kappa shape index (κ3) is 4.05. The van der Waals surface area contributed by atoms with E-state index in [2.05, 4.69) is 15.0 Å². The van der Waals surface area contributed by atoms with Gasteiger partial charge in [0.2, 0.25) is 5.91 Å². The number of ether oxygens (including phenoxy) is 2. The van der Waals surface area contributed by atoms with E-state index in [9.17, 15) is 13.2 Å². The fourth-order valence-electron chi connectivity index (χ4n) is 2.69. The van der Waals surface area contributed by atoms with Gasteiger partial charge in [0.25, 0.3) is 10.0 Å². The molecule has 0 fully saturated rings. The molecule has 8 nitrogen and oxygen atoms in total. The minimum atomic E-state index is -3.60. The van der Waals surface area contributed by atoms with Crippen LogP contribution in [0, 0.1) is 0 Å². The van der Waals surface area contributed by atoms with Crippen molar-refractivity contribution in [2.45, 2.75) is 11.3 Å². The minimum Gasteiger partial charge on any atom is -0.495 e. The van der Waals surface area contributed by atoms with E-state index in [1.807, 2.05) is 0 Å². The molecule has 2 aromatic carbocycles. The first kappa shape index (κ1) is 20.0. The number of carbonyl (C=O) groups excluding carboxylic acids is 1. The second-order valence-corrected chi connectivity index (χ2v) is 7.88. The zero-order valence-corrected chi connectivity index (χ0v) is 16.7. The molecule has 2 N–H and O–H groups in total. The number of amides is 1. The molecule has 0 bridgehead atoms. The maximum absolute atomic E-state index is 12.2. The lowest BCUT2D eigenvalue weighted by molar-refractivity contribution is -0.116. The average Bonchev–Trinajstić information content (AvgIpc) is 2.93. The number of halogens is 1. The predicted octanol–water partition coefficient (Wildman–Crippen LogP) is 2.42. The molecule has 2 aromatic rings. The quantitative estimate of drug-likeness (QED) is 0.742. The number of amidine groups is 1. The maximum atomic E-state index is 12.2. The van der Waals surface area contributed by atoms with Crippen molar-refractivity contribution in [3.8, 4) is 11.5 Å². The Morgan fingerprint density at radius 3 is 2.61 bits per heavy atom. The molecule has 10 heteroatoms. The first-order chi connectivity index (χ1) is 13.4. The fourth-order valence-corrected chi connectivity index (χ4v) is 4.18. The first-order valence-corrected chi connectivity index (χ1v) is 10.1. The Hall–Kier alpha value is -2.78. The number of rotatable bonds is 6. The van der Waals surface area contributed by atoms with Crippen LogP contribution in [0.5, 0.6) is 11.5 Å². The predicted molar refractivity (Wildman–Crippen MR) is 106 cm³/mol. The number of nitrogens with one attached hydrogen (secondary N) is 2. The molecule has 0 radical (unpaired) electrons. The van der Waals surface area contributed by atoms with Crippen LogP contribution in [0.1, 0.15) is 12.0 Å². The summed E-state index contributed by atoms with van der Waals surface area (Å²) in [7, 11) is -0.653. The Morgan fingerprint density at radius 1 is 1.18 bits per heavy atom. The minimum absolute atomic E-state index is 0.0419. The molecular weight excluding hydrogens is 406 g/mol. The van der Waals surface area contributed by atoms with Crippen molar-refractivity contribution < 1.29 is 22.7 Å². The second kappa shape index (κ2) is 8.07. The molecule has 1 aliphatic rings. The van der Waals surface area contributed by atoms with E-state index < -0.39 is 10.0 Å². The van der Waals surface area contributed by atoms with E-state index in [4.69, 9.17) is 21.1 Å². The Kier molecular flexibility index (Phi) is 5.76. The first-order valence-electron chi connectivity index (χ1n) is 8.23. The second-order valence-electron chi connectivity index (χ2n) is 5.82. The Labute approximate surface area is 167 Å². The molecule has 0 spiro atoms. The van der Waals surface area contributed by atoms with Gasteiger partial charge in [-0.15, -0.1) is 0 Å². The Morgan fingerprint density at radius 2 is 1.89 bits per heavy atom. The molecule has 1 heterocycles. The van der Waals surface area contributed by atoms with Gasteiger partial charge in [0.1, 0.15) is 17.3 Å². The molecule has 3 rings (SSSR count). The number of methoxy groups -OCH3 is 2. The van der Waals surface area contributed by atoms with Gasteiger partial charge in [-0.25, -0.2) is 8.42 Å². The maximum Gasteiger partial charge on any atom is 0.263 e. The molecule has 0 saturated carbocycles. The molecular formula is C18H18ClN3O5S. The topological polar surface area (TPSA) is 106 Å². The number of aliphatic imine (C=N–C) groups is 1. The summed E-state index contributed by atoms with van der Waals surface area (Å²) in [6, 6.07) is 9.64. The summed E-state index contributed by atoms with van der Waals surface area (Å²) in [5, 5.41) is 3.03. The van der Waals surface area contributed by atoms with Crippen LogP contribution < -0.4 is 19.5 Å². The summed E-state index contributed by atoms with van der Waals surface area (Å²) in [5.74, 6) is 0.736. The fraction of sp³-hybridized carbons (Fsp3) is 0.222. The SMILES string of the molecule is COc1cc(OC)c(NC(=O)CCN=C2NS(=O)(=O)c3ccccc32)cc1Cl. The van der Waals surface area contributed by atoms with Crippen LogP contribution in [0.4, 0.5) is 5.69 Å². The lowest BCUT2D eigenvalue weighted by Gasteiger charge is -2.12. The van der Waals surface area contributed by atoms with E-state index >= 15 is 0 Å². The Bertz CT molecular complexity index is 1050.